The molecule has 0 aliphatic heterocycles. The second kappa shape index (κ2) is 14.8. The lowest BCUT2D eigenvalue weighted by molar-refractivity contribution is -0.148. The maximum atomic E-state index is 13.2. The first kappa shape index (κ1) is 33.1. The van der Waals surface area contributed by atoms with E-state index in [1.54, 1.807) is 31.2 Å². The number of benzene rings is 4. The summed E-state index contributed by atoms with van der Waals surface area (Å²) in [6.07, 6.45) is -0.501. The summed E-state index contributed by atoms with van der Waals surface area (Å²) in [5.74, 6) is -0.00416. The standard InChI is InChI=1S/C37H40O8/c1-8-33(44-35(38)22(3)4)23(5)42-31-17-15-26-19-30(13-11-28(26)21-31)37(40)45-34(9-2)24(6)43-32-16-14-25-18-29(36(39)41-7)12-10-27(25)20-32/h10-21,23-24,33-34H,3,8-9H2,1-2,4-7H3. The lowest BCUT2D eigenvalue weighted by Gasteiger charge is -2.24. The van der Waals surface area contributed by atoms with E-state index in [0.717, 1.165) is 21.5 Å². The number of carbonyl (C=O) groups excluding carboxylic acids is 3. The summed E-state index contributed by atoms with van der Waals surface area (Å²) in [6, 6.07) is 21.9. The van der Waals surface area contributed by atoms with Crippen LogP contribution in [-0.4, -0.2) is 49.4 Å². The average molecular weight is 613 g/mol. The molecule has 0 fully saturated rings. The molecule has 236 valence electrons. The first-order valence-corrected chi connectivity index (χ1v) is 15.1. The van der Waals surface area contributed by atoms with Crippen LogP contribution in [0.5, 0.6) is 11.5 Å². The highest BCUT2D eigenvalue weighted by Crippen LogP contribution is 2.27. The summed E-state index contributed by atoms with van der Waals surface area (Å²) >= 11 is 0. The summed E-state index contributed by atoms with van der Waals surface area (Å²) < 4.78 is 28.5. The van der Waals surface area contributed by atoms with Crippen molar-refractivity contribution in [2.45, 2.75) is 71.9 Å². The lowest BCUT2D eigenvalue weighted by Crippen LogP contribution is -2.33. The number of esters is 3. The van der Waals surface area contributed by atoms with Gasteiger partial charge in [0.2, 0.25) is 0 Å². The summed E-state index contributed by atoms with van der Waals surface area (Å²) in [5, 5.41) is 3.54. The van der Waals surface area contributed by atoms with Crippen LogP contribution < -0.4 is 9.47 Å². The average Bonchev–Trinajstić information content (AvgIpc) is 3.04. The third kappa shape index (κ3) is 8.20. The van der Waals surface area contributed by atoms with Gasteiger partial charge in [0.05, 0.1) is 18.2 Å². The molecule has 0 amide bonds. The first-order valence-electron chi connectivity index (χ1n) is 15.1. The minimum Gasteiger partial charge on any atom is -0.487 e. The fourth-order valence-electron chi connectivity index (χ4n) is 5.01. The Morgan fingerprint density at radius 2 is 1.07 bits per heavy atom. The Hall–Kier alpha value is -4.85. The van der Waals surface area contributed by atoms with Gasteiger partial charge in [0.25, 0.3) is 0 Å². The van der Waals surface area contributed by atoms with E-state index in [9.17, 15) is 14.4 Å². The molecule has 0 heterocycles. The molecule has 4 aromatic rings. The molecule has 8 heteroatoms. The molecular weight excluding hydrogens is 572 g/mol. The predicted molar refractivity (Wildman–Crippen MR) is 174 cm³/mol. The van der Waals surface area contributed by atoms with Crippen molar-refractivity contribution in [1.82, 2.24) is 0 Å². The van der Waals surface area contributed by atoms with E-state index in [4.69, 9.17) is 23.7 Å². The predicted octanol–water partition coefficient (Wildman–Crippen LogP) is 7.85. The minimum atomic E-state index is -0.478. The van der Waals surface area contributed by atoms with E-state index in [0.29, 0.717) is 41.0 Å². The van der Waals surface area contributed by atoms with Crippen LogP contribution in [0.2, 0.25) is 0 Å². The van der Waals surface area contributed by atoms with E-state index in [1.807, 2.05) is 76.2 Å². The van der Waals surface area contributed by atoms with Gasteiger partial charge in [-0.15, -0.1) is 0 Å². The summed E-state index contributed by atoms with van der Waals surface area (Å²) in [6.45, 7) is 12.9. The van der Waals surface area contributed by atoms with Crippen LogP contribution in [0, 0.1) is 0 Å². The zero-order valence-electron chi connectivity index (χ0n) is 26.6. The van der Waals surface area contributed by atoms with E-state index in [1.165, 1.54) is 7.11 Å². The van der Waals surface area contributed by atoms with Gasteiger partial charge in [0, 0.05) is 5.57 Å². The molecule has 0 aliphatic carbocycles. The van der Waals surface area contributed by atoms with Crippen LogP contribution in [0.1, 0.15) is 68.2 Å². The molecule has 0 saturated heterocycles. The molecule has 0 aliphatic rings. The smallest absolute Gasteiger partial charge is 0.338 e. The Balaban J connectivity index is 1.40. The van der Waals surface area contributed by atoms with Crippen LogP contribution >= 0.6 is 0 Å². The van der Waals surface area contributed by atoms with Gasteiger partial charge >= 0.3 is 17.9 Å². The number of rotatable bonds is 13. The molecule has 0 aromatic heterocycles. The molecule has 8 nitrogen and oxygen atoms in total. The lowest BCUT2D eigenvalue weighted by atomic mass is 10.1. The van der Waals surface area contributed by atoms with Gasteiger partial charge in [-0.2, -0.15) is 0 Å². The molecule has 0 bridgehead atoms. The SMILES string of the molecule is C=C(C)C(=O)OC(CC)C(C)Oc1ccc2cc(C(=O)OC(CC)C(C)Oc3ccc4cc(C(=O)OC)ccc4c3)ccc2c1. The number of carbonyl (C=O) groups is 3. The second-order valence-corrected chi connectivity index (χ2v) is 11.1. The number of fused-ring (bicyclic) bond motifs is 2. The number of ether oxygens (including phenoxy) is 5. The maximum Gasteiger partial charge on any atom is 0.338 e. The summed E-state index contributed by atoms with van der Waals surface area (Å²) in [7, 11) is 1.35. The Bertz CT molecular complexity index is 1710. The minimum absolute atomic E-state index is 0.343. The Labute approximate surface area is 263 Å². The molecule has 0 N–H and O–H groups in total. The summed E-state index contributed by atoms with van der Waals surface area (Å²) in [5.41, 5.74) is 1.25. The van der Waals surface area contributed by atoms with Crippen molar-refractivity contribution >= 4 is 39.5 Å². The largest absolute Gasteiger partial charge is 0.487 e. The number of methoxy groups -OCH3 is 1. The highest BCUT2D eigenvalue weighted by Gasteiger charge is 2.24. The van der Waals surface area contributed by atoms with Crippen molar-refractivity contribution in [3.05, 3.63) is 96.1 Å². The van der Waals surface area contributed by atoms with Gasteiger partial charge in [-0.25, -0.2) is 14.4 Å². The molecule has 4 rings (SSSR count). The van der Waals surface area contributed by atoms with E-state index >= 15 is 0 Å². The molecule has 4 atom stereocenters. The topological polar surface area (TPSA) is 97.4 Å². The molecule has 0 radical (unpaired) electrons. The van der Waals surface area contributed by atoms with Crippen molar-refractivity contribution in [3.8, 4) is 11.5 Å². The summed E-state index contributed by atoms with van der Waals surface area (Å²) in [4.78, 5) is 37.0. The van der Waals surface area contributed by atoms with Crippen LogP contribution in [0.4, 0.5) is 0 Å². The van der Waals surface area contributed by atoms with E-state index in [-0.39, 0.29) is 12.1 Å². The van der Waals surface area contributed by atoms with E-state index < -0.39 is 30.3 Å². The normalized spacial score (nSPS) is 13.7. The fraction of sp³-hybridized carbons (Fsp3) is 0.324. The number of hydrogen-bond acceptors (Lipinski definition) is 8. The van der Waals surface area contributed by atoms with Crippen LogP contribution in [0.25, 0.3) is 21.5 Å². The quantitative estimate of drug-likeness (QED) is 0.0856. The van der Waals surface area contributed by atoms with Crippen molar-refractivity contribution in [3.63, 3.8) is 0 Å². The van der Waals surface area contributed by atoms with Crippen molar-refractivity contribution in [2.24, 2.45) is 0 Å². The maximum absolute atomic E-state index is 13.2. The Morgan fingerprint density at radius 1 is 0.644 bits per heavy atom. The molecule has 0 saturated carbocycles. The van der Waals surface area contributed by atoms with Gasteiger partial charge < -0.3 is 23.7 Å². The van der Waals surface area contributed by atoms with E-state index in [2.05, 4.69) is 6.58 Å². The third-order valence-corrected chi connectivity index (χ3v) is 7.64. The molecule has 4 aromatic carbocycles. The zero-order chi connectivity index (χ0) is 32.7. The number of hydrogen-bond donors (Lipinski definition) is 0. The van der Waals surface area contributed by atoms with Crippen LogP contribution in [0.3, 0.4) is 0 Å². The van der Waals surface area contributed by atoms with Crippen molar-refractivity contribution in [1.29, 1.82) is 0 Å². The van der Waals surface area contributed by atoms with Crippen molar-refractivity contribution < 1.29 is 38.1 Å². The molecule has 4 unspecified atom stereocenters. The second-order valence-electron chi connectivity index (χ2n) is 11.1. The molecule has 45 heavy (non-hydrogen) atoms. The molecular formula is C37H40O8. The zero-order valence-corrected chi connectivity index (χ0v) is 26.6. The van der Waals surface area contributed by atoms with Crippen molar-refractivity contribution in [2.75, 3.05) is 7.11 Å². The highest BCUT2D eigenvalue weighted by molar-refractivity contribution is 5.96. The fourth-order valence-corrected chi connectivity index (χ4v) is 5.01. The highest BCUT2D eigenvalue weighted by atomic mass is 16.6. The monoisotopic (exact) mass is 612 g/mol. The molecule has 0 spiro atoms. The van der Waals surface area contributed by atoms with Gasteiger partial charge in [-0.3, -0.25) is 0 Å². The first-order chi connectivity index (χ1) is 21.5. The van der Waals surface area contributed by atoms with Crippen LogP contribution in [0.15, 0.2) is 84.9 Å². The van der Waals surface area contributed by atoms with Crippen LogP contribution in [-0.2, 0) is 19.0 Å². The van der Waals surface area contributed by atoms with Gasteiger partial charge in [0.1, 0.15) is 35.9 Å². The third-order valence-electron chi connectivity index (χ3n) is 7.64. The van der Waals surface area contributed by atoms with Gasteiger partial charge in [-0.1, -0.05) is 44.7 Å². The van der Waals surface area contributed by atoms with Gasteiger partial charge in [0.15, 0.2) is 0 Å². The van der Waals surface area contributed by atoms with Gasteiger partial charge in [-0.05, 0) is 104 Å². The Morgan fingerprint density at radius 3 is 1.51 bits per heavy atom. The Kier molecular flexibility index (Phi) is 10.8.